The summed E-state index contributed by atoms with van der Waals surface area (Å²) in [5.41, 5.74) is 20.2. The average Bonchev–Trinajstić information content (AvgIpc) is 3.81. The van der Waals surface area contributed by atoms with Crippen molar-refractivity contribution in [1.82, 2.24) is 13.7 Å². The van der Waals surface area contributed by atoms with E-state index in [1.165, 1.54) is 111 Å². The van der Waals surface area contributed by atoms with Gasteiger partial charge in [0.1, 0.15) is 0 Å². The van der Waals surface area contributed by atoms with Crippen molar-refractivity contribution in [3.63, 3.8) is 0 Å². The summed E-state index contributed by atoms with van der Waals surface area (Å²) in [6.07, 6.45) is 28.1. The molecule has 0 N–H and O–H groups in total. The largest absolute Gasteiger partial charge is 0.317 e. The summed E-state index contributed by atoms with van der Waals surface area (Å²) in [4.78, 5) is 0. The maximum Gasteiger partial charge on any atom is 0.0541 e. The van der Waals surface area contributed by atoms with Gasteiger partial charge in [-0.15, -0.1) is 0 Å². The Morgan fingerprint density at radius 3 is 2.00 bits per heavy atom. The maximum absolute atomic E-state index is 2.51. The van der Waals surface area contributed by atoms with Gasteiger partial charge in [-0.3, -0.25) is 0 Å². The van der Waals surface area contributed by atoms with Crippen LogP contribution in [-0.4, -0.2) is 13.7 Å². The molecule has 3 heteroatoms. The van der Waals surface area contributed by atoms with Crippen LogP contribution in [0.1, 0.15) is 102 Å². The zero-order valence-electron chi connectivity index (χ0n) is 43.9. The van der Waals surface area contributed by atoms with Crippen molar-refractivity contribution < 1.29 is 0 Å². The highest BCUT2D eigenvalue weighted by atomic mass is 15.0. The molecule has 3 aromatic heterocycles. The van der Waals surface area contributed by atoms with E-state index in [2.05, 4.69) is 249 Å². The van der Waals surface area contributed by atoms with Crippen LogP contribution in [0, 0.1) is 26.7 Å². The molecule has 71 heavy (non-hydrogen) atoms. The number of fused-ring (bicyclic) bond motifs is 5. The lowest BCUT2D eigenvalue weighted by molar-refractivity contribution is 0.768. The predicted molar refractivity (Wildman–Crippen MR) is 313 cm³/mol. The van der Waals surface area contributed by atoms with Gasteiger partial charge in [0.05, 0.1) is 22.1 Å². The third-order valence-corrected chi connectivity index (χ3v) is 13.8. The number of benzene rings is 5. The fourth-order valence-electron chi connectivity index (χ4n) is 10.6. The minimum Gasteiger partial charge on any atom is -0.317 e. The van der Waals surface area contributed by atoms with Gasteiger partial charge < -0.3 is 13.7 Å². The number of aromatic nitrogens is 3. The standard InChI is InChI=1S/C64H61N3.2C2H6/c1-7-48(42-58-56-27-14-18-31-63(56)67(60(58)8-2)54-25-19-21-45(4)39-54)41-49-22-10-12-23-52(36-33-49)66-62-30-17-15-28-57(62)59-43-51(35-37-64(59)66)50-34-32-47(6)65(53-24-11-9-20-44(3)38-53)61-29-16-13-26-55(61)46(5)40-50;2*1-2/h9-11,13-23,25-40,42-43,49H,7-8,12,24,41H2,1-6H3;2*1-2H3/b22-10?,36-33-,46-40?,47-32?,48-42+,50-34?,52-23+;;. The number of nitrogens with zero attached hydrogens (tertiary/aromatic N) is 3. The van der Waals surface area contributed by atoms with Crippen LogP contribution in [-0.2, 0) is 6.42 Å². The Morgan fingerprint density at radius 2 is 1.27 bits per heavy atom. The minimum absolute atomic E-state index is 0.281. The topological polar surface area (TPSA) is 14.8 Å². The van der Waals surface area contributed by atoms with E-state index in [1.807, 2.05) is 27.7 Å². The van der Waals surface area contributed by atoms with Crippen molar-refractivity contribution in [2.75, 3.05) is 0 Å². The second-order valence-electron chi connectivity index (χ2n) is 18.5. The van der Waals surface area contributed by atoms with E-state index in [0.29, 0.717) is 0 Å². The molecule has 0 saturated heterocycles. The van der Waals surface area contributed by atoms with Crippen LogP contribution in [0.5, 0.6) is 0 Å². The monoisotopic (exact) mass is 932 g/mol. The lowest BCUT2D eigenvalue weighted by atomic mass is 9.93. The summed E-state index contributed by atoms with van der Waals surface area (Å²) < 4.78 is 7.41. The number of allylic oxidation sites excluding steroid dienone is 13. The van der Waals surface area contributed by atoms with Gasteiger partial charge in [0.2, 0.25) is 0 Å². The van der Waals surface area contributed by atoms with Gasteiger partial charge >= 0.3 is 0 Å². The van der Waals surface area contributed by atoms with Crippen LogP contribution in [0.4, 0.5) is 0 Å². The molecule has 0 fully saturated rings. The second-order valence-corrected chi connectivity index (χ2v) is 18.5. The molecule has 0 spiro atoms. The molecule has 8 aromatic rings. The number of rotatable bonds is 9. The number of para-hydroxylation sites is 3. The molecule has 1 unspecified atom stereocenters. The Labute approximate surface area is 424 Å². The number of hydrogen-bond donors (Lipinski definition) is 0. The molecule has 0 bridgehead atoms. The van der Waals surface area contributed by atoms with Gasteiger partial charge in [-0.1, -0.05) is 181 Å². The molecule has 2 aliphatic rings. The first-order valence-electron chi connectivity index (χ1n) is 26.3. The van der Waals surface area contributed by atoms with Gasteiger partial charge in [-0.2, -0.15) is 0 Å². The molecule has 0 radical (unpaired) electrons. The van der Waals surface area contributed by atoms with E-state index >= 15 is 0 Å². The van der Waals surface area contributed by atoms with Crippen molar-refractivity contribution >= 4 is 61.1 Å². The Morgan fingerprint density at radius 1 is 0.606 bits per heavy atom. The Hall–Kier alpha value is -7.36. The molecule has 3 nitrogen and oxygen atoms in total. The smallest absolute Gasteiger partial charge is 0.0541 e. The highest BCUT2D eigenvalue weighted by Crippen LogP contribution is 2.38. The van der Waals surface area contributed by atoms with Gasteiger partial charge in [0, 0.05) is 62.0 Å². The third kappa shape index (κ3) is 10.4. The maximum atomic E-state index is 2.51. The molecule has 3 heterocycles. The number of hydrogen-bond acceptors (Lipinski definition) is 0. The zero-order valence-corrected chi connectivity index (χ0v) is 43.9. The van der Waals surface area contributed by atoms with Crippen LogP contribution in [0.3, 0.4) is 0 Å². The SMILES string of the molecule is CC.CC.CC/C(=C\c1c(CC)n(-c2cccc(C)c2)c2ccccc12)CC1C=CC/C=C(n2c3ccccc3c3cc(-c4ccc(C)n(C5=CC(C)=CC=CC5)c5ccccc5c(C)c4)ccc32)\C=C/1. The lowest BCUT2D eigenvalue weighted by Crippen LogP contribution is -2.02. The first-order chi connectivity index (χ1) is 34.8. The molecule has 0 amide bonds. The second kappa shape index (κ2) is 23.0. The quantitative estimate of drug-likeness (QED) is 0.128. The van der Waals surface area contributed by atoms with Crippen molar-refractivity contribution in [2.24, 2.45) is 5.92 Å². The summed E-state index contributed by atoms with van der Waals surface area (Å²) in [7, 11) is 0. The van der Waals surface area contributed by atoms with Crippen molar-refractivity contribution in [2.45, 2.75) is 101 Å². The summed E-state index contributed by atoms with van der Waals surface area (Å²) in [5, 5.41) is 5.08. The van der Waals surface area contributed by atoms with E-state index in [-0.39, 0.29) is 5.92 Å². The summed E-state index contributed by atoms with van der Waals surface area (Å²) >= 11 is 0. The molecule has 5 aromatic carbocycles. The molecule has 0 saturated carbocycles. The fourth-order valence-corrected chi connectivity index (χ4v) is 10.6. The molecule has 2 aliphatic carbocycles. The lowest BCUT2D eigenvalue weighted by Gasteiger charge is -2.16. The van der Waals surface area contributed by atoms with Gasteiger partial charge in [0.25, 0.3) is 0 Å². The molecule has 10 rings (SSSR count). The first kappa shape index (κ1) is 50.0. The van der Waals surface area contributed by atoms with Gasteiger partial charge in [-0.05, 0) is 148 Å². The van der Waals surface area contributed by atoms with Crippen molar-refractivity contribution in [3.8, 4) is 16.8 Å². The normalized spacial score (nSPS) is 15.9. The number of aryl methyl sites for hydroxylation is 3. The third-order valence-electron chi connectivity index (χ3n) is 13.8. The van der Waals surface area contributed by atoms with E-state index < -0.39 is 0 Å². The average molecular weight is 932 g/mol. The Kier molecular flexibility index (Phi) is 16.2. The zero-order chi connectivity index (χ0) is 50.0. The van der Waals surface area contributed by atoms with Crippen LogP contribution in [0.25, 0.3) is 77.9 Å². The Balaban J connectivity index is 0.00000165. The minimum atomic E-state index is 0.281. The van der Waals surface area contributed by atoms with Crippen LogP contribution < -0.4 is 0 Å². The predicted octanol–water partition coefficient (Wildman–Crippen LogP) is 19.6. The van der Waals surface area contributed by atoms with E-state index in [4.69, 9.17) is 0 Å². The molecule has 1 atom stereocenters. The molecule has 360 valence electrons. The van der Waals surface area contributed by atoms with Crippen molar-refractivity contribution in [3.05, 3.63) is 227 Å². The van der Waals surface area contributed by atoms with Gasteiger partial charge in [-0.25, -0.2) is 0 Å². The molecular formula is C68H73N3. The Bertz CT molecular complexity index is 3500. The van der Waals surface area contributed by atoms with Crippen LogP contribution in [0.15, 0.2) is 199 Å². The highest BCUT2D eigenvalue weighted by Gasteiger charge is 2.19. The highest BCUT2D eigenvalue weighted by molar-refractivity contribution is 6.11. The van der Waals surface area contributed by atoms with E-state index in [1.54, 1.807) is 0 Å². The molecular weight excluding hydrogens is 859 g/mol. The summed E-state index contributed by atoms with van der Waals surface area (Å²) in [6, 6.07) is 49.6. The summed E-state index contributed by atoms with van der Waals surface area (Å²) in [5.74, 6) is 0.281. The van der Waals surface area contributed by atoms with E-state index in [9.17, 15) is 0 Å². The van der Waals surface area contributed by atoms with Crippen LogP contribution in [0.2, 0.25) is 0 Å². The van der Waals surface area contributed by atoms with E-state index in [0.717, 1.165) is 32.1 Å². The fraction of sp³-hybridized carbons (Fsp3) is 0.235. The van der Waals surface area contributed by atoms with Gasteiger partial charge in [0.15, 0.2) is 0 Å². The van der Waals surface area contributed by atoms with Crippen molar-refractivity contribution in [1.29, 1.82) is 0 Å². The summed E-state index contributed by atoms with van der Waals surface area (Å²) in [6.45, 7) is 21.5. The van der Waals surface area contributed by atoms with Crippen LogP contribution >= 0.6 is 0 Å². The molecule has 0 aliphatic heterocycles. The first-order valence-corrected chi connectivity index (χ1v) is 26.3.